The third kappa shape index (κ3) is 1.58. The maximum atomic E-state index is 12.7. The van der Waals surface area contributed by atoms with Crippen molar-refractivity contribution in [1.82, 2.24) is 0 Å². The minimum Gasteiger partial charge on any atom is -0.258 e. The first-order valence-corrected chi connectivity index (χ1v) is 3.48. The molecule has 1 aromatic carbocycles. The third-order valence-corrected chi connectivity index (χ3v) is 1.73. The Morgan fingerprint density at radius 1 is 1.62 bits per heavy atom. The quantitative estimate of drug-likeness (QED) is 0.516. The molecular formula is C7H2ClFN2O2. The van der Waals surface area contributed by atoms with E-state index in [0.29, 0.717) is 0 Å². The Hall–Kier alpha value is -1.67. The average molecular weight is 201 g/mol. The zero-order valence-corrected chi connectivity index (χ0v) is 6.88. The van der Waals surface area contributed by atoms with Crippen LogP contribution in [0.1, 0.15) is 5.56 Å². The Kier molecular flexibility index (Phi) is 2.44. The molecule has 0 unspecified atom stereocenters. The summed E-state index contributed by atoms with van der Waals surface area (Å²) in [6.45, 7) is 0. The van der Waals surface area contributed by atoms with Gasteiger partial charge in [-0.2, -0.15) is 5.26 Å². The molecule has 0 fully saturated rings. The molecule has 0 saturated carbocycles. The van der Waals surface area contributed by atoms with Crippen LogP contribution in [0, 0.1) is 27.3 Å². The molecule has 4 nitrogen and oxygen atoms in total. The summed E-state index contributed by atoms with van der Waals surface area (Å²) in [5.74, 6) is -0.910. The van der Waals surface area contributed by atoms with Crippen molar-refractivity contribution in [3.05, 3.63) is 38.7 Å². The minimum absolute atomic E-state index is 0.253. The molecular weight excluding hydrogens is 199 g/mol. The van der Waals surface area contributed by atoms with Gasteiger partial charge in [0.15, 0.2) is 5.02 Å². The normalized spacial score (nSPS) is 9.31. The van der Waals surface area contributed by atoms with Gasteiger partial charge in [-0.3, -0.25) is 10.1 Å². The maximum Gasteiger partial charge on any atom is 0.308 e. The highest BCUT2D eigenvalue weighted by Gasteiger charge is 2.21. The van der Waals surface area contributed by atoms with Crippen LogP contribution in [0.3, 0.4) is 0 Å². The molecule has 0 heterocycles. The molecule has 66 valence electrons. The van der Waals surface area contributed by atoms with Crippen molar-refractivity contribution in [2.24, 2.45) is 0 Å². The second-order valence-corrected chi connectivity index (χ2v) is 2.50. The highest BCUT2D eigenvalue weighted by atomic mass is 35.5. The van der Waals surface area contributed by atoms with Crippen molar-refractivity contribution in [2.75, 3.05) is 0 Å². The molecule has 0 aliphatic heterocycles. The van der Waals surface area contributed by atoms with Gasteiger partial charge in [-0.1, -0.05) is 11.6 Å². The summed E-state index contributed by atoms with van der Waals surface area (Å²) in [4.78, 5) is 9.47. The molecule has 0 atom stereocenters. The number of hydrogen-bond donors (Lipinski definition) is 0. The van der Waals surface area contributed by atoms with E-state index < -0.39 is 21.5 Å². The van der Waals surface area contributed by atoms with Gasteiger partial charge >= 0.3 is 5.69 Å². The maximum absolute atomic E-state index is 12.7. The van der Waals surface area contributed by atoms with Crippen LogP contribution in [-0.2, 0) is 0 Å². The predicted molar refractivity (Wildman–Crippen MR) is 42.8 cm³/mol. The SMILES string of the molecule is N#Cc1ccc(F)c(Cl)c1[N+](=O)[O-]. The van der Waals surface area contributed by atoms with Crippen molar-refractivity contribution in [2.45, 2.75) is 0 Å². The Bertz CT molecular complexity index is 414. The van der Waals surface area contributed by atoms with E-state index in [0.717, 1.165) is 12.1 Å². The molecule has 0 aromatic heterocycles. The van der Waals surface area contributed by atoms with Gasteiger partial charge in [-0.15, -0.1) is 0 Å². The molecule has 6 heteroatoms. The molecule has 1 aromatic rings. The van der Waals surface area contributed by atoms with Crippen LogP contribution in [0.2, 0.25) is 5.02 Å². The van der Waals surface area contributed by atoms with Gasteiger partial charge in [0.05, 0.1) is 4.92 Å². The molecule has 0 N–H and O–H groups in total. The topological polar surface area (TPSA) is 66.9 Å². The van der Waals surface area contributed by atoms with Gasteiger partial charge in [-0.25, -0.2) is 4.39 Å². The number of halogens is 2. The van der Waals surface area contributed by atoms with Crippen molar-refractivity contribution in [3.8, 4) is 6.07 Å². The second-order valence-electron chi connectivity index (χ2n) is 2.13. The first-order chi connectivity index (χ1) is 6.07. The van der Waals surface area contributed by atoms with Gasteiger partial charge in [0, 0.05) is 0 Å². The van der Waals surface area contributed by atoms with E-state index in [9.17, 15) is 14.5 Å². The van der Waals surface area contributed by atoms with Crippen LogP contribution in [0.5, 0.6) is 0 Å². The molecule has 0 radical (unpaired) electrons. The smallest absolute Gasteiger partial charge is 0.258 e. The predicted octanol–water partition coefficient (Wildman–Crippen LogP) is 2.26. The lowest BCUT2D eigenvalue weighted by atomic mass is 10.2. The first kappa shape index (κ1) is 9.42. The van der Waals surface area contributed by atoms with E-state index in [1.165, 1.54) is 0 Å². The van der Waals surface area contributed by atoms with Gasteiger partial charge in [-0.05, 0) is 12.1 Å². The minimum atomic E-state index is -0.910. The number of nitro benzene ring substituents is 1. The lowest BCUT2D eigenvalue weighted by molar-refractivity contribution is -0.385. The van der Waals surface area contributed by atoms with Crippen LogP contribution in [-0.4, -0.2) is 4.92 Å². The van der Waals surface area contributed by atoms with E-state index in [1.54, 1.807) is 6.07 Å². The van der Waals surface area contributed by atoms with Gasteiger partial charge < -0.3 is 0 Å². The Morgan fingerprint density at radius 3 is 2.69 bits per heavy atom. The number of nitro groups is 1. The number of nitrogens with zero attached hydrogens (tertiary/aromatic N) is 2. The standard InChI is InChI=1S/C7H2ClFN2O2/c8-6-5(9)2-1-4(3-10)7(6)11(12)13/h1-2H. The van der Waals surface area contributed by atoms with E-state index >= 15 is 0 Å². The summed E-state index contributed by atoms with van der Waals surface area (Å²) in [5.41, 5.74) is -0.944. The van der Waals surface area contributed by atoms with Crippen molar-refractivity contribution in [3.63, 3.8) is 0 Å². The fourth-order valence-corrected chi connectivity index (χ4v) is 1.04. The molecule has 0 spiro atoms. The number of nitriles is 1. The Morgan fingerprint density at radius 2 is 2.23 bits per heavy atom. The van der Waals surface area contributed by atoms with Crippen LogP contribution in [0.25, 0.3) is 0 Å². The summed E-state index contributed by atoms with van der Waals surface area (Å²) < 4.78 is 12.7. The fraction of sp³-hybridized carbons (Fsp3) is 0. The molecule has 0 bridgehead atoms. The average Bonchev–Trinajstić information content (AvgIpc) is 2.08. The lowest BCUT2D eigenvalue weighted by Gasteiger charge is -1.97. The van der Waals surface area contributed by atoms with Crippen LogP contribution < -0.4 is 0 Å². The largest absolute Gasteiger partial charge is 0.308 e. The molecule has 13 heavy (non-hydrogen) atoms. The number of hydrogen-bond acceptors (Lipinski definition) is 3. The fourth-order valence-electron chi connectivity index (χ4n) is 0.809. The van der Waals surface area contributed by atoms with E-state index in [1.807, 2.05) is 0 Å². The van der Waals surface area contributed by atoms with Crippen LogP contribution >= 0.6 is 11.6 Å². The van der Waals surface area contributed by atoms with Crippen molar-refractivity contribution < 1.29 is 9.31 Å². The zero-order chi connectivity index (χ0) is 10.0. The monoisotopic (exact) mass is 200 g/mol. The van der Waals surface area contributed by atoms with Gasteiger partial charge in [0.1, 0.15) is 17.4 Å². The van der Waals surface area contributed by atoms with Crippen LogP contribution in [0.4, 0.5) is 10.1 Å². The Balaban J connectivity index is 3.53. The highest BCUT2D eigenvalue weighted by Crippen LogP contribution is 2.30. The molecule has 0 aliphatic carbocycles. The van der Waals surface area contributed by atoms with Crippen molar-refractivity contribution >= 4 is 17.3 Å². The summed E-state index contributed by atoms with van der Waals surface area (Å²) in [5, 5.41) is 18.2. The zero-order valence-electron chi connectivity index (χ0n) is 6.12. The number of rotatable bonds is 1. The highest BCUT2D eigenvalue weighted by molar-refractivity contribution is 6.33. The van der Waals surface area contributed by atoms with E-state index in [-0.39, 0.29) is 5.56 Å². The van der Waals surface area contributed by atoms with Gasteiger partial charge in [0.25, 0.3) is 0 Å². The summed E-state index contributed by atoms with van der Waals surface area (Å²) in [7, 11) is 0. The number of benzene rings is 1. The van der Waals surface area contributed by atoms with Gasteiger partial charge in [0.2, 0.25) is 0 Å². The summed E-state index contributed by atoms with van der Waals surface area (Å²) >= 11 is 5.30. The molecule has 0 amide bonds. The second kappa shape index (κ2) is 3.37. The first-order valence-electron chi connectivity index (χ1n) is 3.10. The lowest BCUT2D eigenvalue weighted by Crippen LogP contribution is -1.95. The molecule has 0 saturated heterocycles. The van der Waals surface area contributed by atoms with E-state index in [4.69, 9.17) is 16.9 Å². The van der Waals surface area contributed by atoms with Crippen molar-refractivity contribution in [1.29, 1.82) is 5.26 Å². The Labute approximate surface area is 77.3 Å². The molecule has 0 aliphatic rings. The van der Waals surface area contributed by atoms with Crippen LogP contribution in [0.15, 0.2) is 12.1 Å². The summed E-state index contributed by atoms with van der Waals surface area (Å²) in [6, 6.07) is 3.48. The summed E-state index contributed by atoms with van der Waals surface area (Å²) in [6.07, 6.45) is 0. The third-order valence-electron chi connectivity index (χ3n) is 1.37. The molecule has 1 rings (SSSR count). The van der Waals surface area contributed by atoms with E-state index in [2.05, 4.69) is 0 Å².